The molecule has 4 heteroatoms. The maximum Gasteiger partial charge on any atom is 0.142 e. The molecule has 0 saturated carbocycles. The van der Waals surface area contributed by atoms with Crippen molar-refractivity contribution >= 4 is 11.3 Å². The van der Waals surface area contributed by atoms with E-state index in [9.17, 15) is 0 Å². The number of nitrogens with zero attached hydrogens (tertiary/aromatic N) is 2. The zero-order chi connectivity index (χ0) is 10.1. The van der Waals surface area contributed by atoms with Crippen LogP contribution in [0.4, 0.5) is 0 Å². The molecule has 76 valence electrons. The molecule has 0 bridgehead atoms. The van der Waals surface area contributed by atoms with E-state index in [0.717, 1.165) is 23.8 Å². The van der Waals surface area contributed by atoms with Gasteiger partial charge in [0.25, 0.3) is 0 Å². The molecule has 15 heavy (non-hydrogen) atoms. The van der Waals surface area contributed by atoms with Crippen LogP contribution >= 0.6 is 11.3 Å². The summed E-state index contributed by atoms with van der Waals surface area (Å²) in [6.45, 7) is 2.12. The zero-order valence-electron chi connectivity index (χ0n) is 8.18. The largest absolute Gasteiger partial charge is 0.315 e. The van der Waals surface area contributed by atoms with Crippen molar-refractivity contribution in [3.05, 3.63) is 35.5 Å². The quantitative estimate of drug-likeness (QED) is 0.834. The van der Waals surface area contributed by atoms with E-state index in [4.69, 9.17) is 0 Å². The average Bonchev–Trinajstić information content (AvgIpc) is 2.66. The van der Waals surface area contributed by atoms with Gasteiger partial charge in [0.15, 0.2) is 0 Å². The van der Waals surface area contributed by atoms with Crippen LogP contribution < -0.4 is 5.32 Å². The van der Waals surface area contributed by atoms with Gasteiger partial charge < -0.3 is 5.32 Å². The van der Waals surface area contributed by atoms with Crippen molar-refractivity contribution in [1.82, 2.24) is 15.3 Å². The van der Waals surface area contributed by atoms with Crippen molar-refractivity contribution in [2.24, 2.45) is 0 Å². The number of thiazole rings is 1. The lowest BCUT2D eigenvalue weighted by atomic mass is 10.0. The smallest absolute Gasteiger partial charge is 0.142 e. The first-order valence-electron chi connectivity index (χ1n) is 5.01. The van der Waals surface area contributed by atoms with E-state index in [2.05, 4.69) is 20.7 Å². The van der Waals surface area contributed by atoms with Crippen LogP contribution in [0.15, 0.2) is 29.8 Å². The fraction of sp³-hybridized carbons (Fsp3) is 0.273. The minimum Gasteiger partial charge on any atom is -0.315 e. The topological polar surface area (TPSA) is 37.8 Å². The molecule has 3 heterocycles. The van der Waals surface area contributed by atoms with Crippen LogP contribution in [-0.2, 0) is 0 Å². The lowest BCUT2D eigenvalue weighted by molar-refractivity contribution is 0.441. The van der Waals surface area contributed by atoms with E-state index in [1.54, 1.807) is 17.5 Å². The van der Waals surface area contributed by atoms with E-state index in [0.29, 0.717) is 5.92 Å². The Balaban J connectivity index is 1.90. The molecule has 0 aliphatic carbocycles. The van der Waals surface area contributed by atoms with Gasteiger partial charge in [0.2, 0.25) is 0 Å². The molecule has 0 aromatic carbocycles. The second-order valence-electron chi connectivity index (χ2n) is 3.65. The lowest BCUT2D eigenvalue weighted by Gasteiger charge is -2.25. The number of aromatic nitrogens is 2. The summed E-state index contributed by atoms with van der Waals surface area (Å²) in [6, 6.07) is 5.92. The van der Waals surface area contributed by atoms with E-state index >= 15 is 0 Å². The van der Waals surface area contributed by atoms with Crippen LogP contribution in [0, 0.1) is 0 Å². The Bertz CT molecular complexity index is 448. The normalized spacial score (nSPS) is 16.3. The molecule has 1 fully saturated rings. The first kappa shape index (κ1) is 9.00. The molecule has 3 nitrogen and oxygen atoms in total. The summed E-state index contributed by atoms with van der Waals surface area (Å²) in [5.74, 6) is 0.610. The van der Waals surface area contributed by atoms with Gasteiger partial charge in [-0.1, -0.05) is 6.07 Å². The van der Waals surface area contributed by atoms with Gasteiger partial charge in [0.1, 0.15) is 5.01 Å². The molecule has 0 amide bonds. The Morgan fingerprint density at radius 2 is 2.27 bits per heavy atom. The molecule has 0 spiro atoms. The molecule has 0 atom stereocenters. The van der Waals surface area contributed by atoms with Gasteiger partial charge >= 0.3 is 0 Å². The monoisotopic (exact) mass is 217 g/mol. The predicted octanol–water partition coefficient (Wildman–Crippen LogP) is 1.89. The van der Waals surface area contributed by atoms with Gasteiger partial charge in [0.05, 0.1) is 11.4 Å². The van der Waals surface area contributed by atoms with Gasteiger partial charge in [-0.2, -0.15) is 0 Å². The second kappa shape index (κ2) is 3.72. The summed E-state index contributed by atoms with van der Waals surface area (Å²) in [5.41, 5.74) is 2.18. The van der Waals surface area contributed by atoms with Gasteiger partial charge in [-0.05, 0) is 12.1 Å². The molecular formula is C11H11N3S. The minimum absolute atomic E-state index is 0.610. The molecular weight excluding hydrogens is 206 g/mol. The second-order valence-corrected chi connectivity index (χ2v) is 4.51. The summed E-state index contributed by atoms with van der Waals surface area (Å²) >= 11 is 1.68. The number of nitrogens with one attached hydrogen (secondary N) is 1. The summed E-state index contributed by atoms with van der Waals surface area (Å²) in [4.78, 5) is 8.92. The molecule has 1 aliphatic rings. The standard InChI is InChI=1S/C11H11N3S/c1-2-4-13-9(3-1)11-14-10(7-15-11)8-5-12-6-8/h1-4,7-8,12H,5-6H2. The van der Waals surface area contributed by atoms with Crippen molar-refractivity contribution in [3.8, 4) is 10.7 Å². The van der Waals surface area contributed by atoms with Gasteiger partial charge in [-0.15, -0.1) is 11.3 Å². The van der Waals surface area contributed by atoms with Crippen LogP contribution in [0.3, 0.4) is 0 Å². The maximum atomic E-state index is 4.62. The maximum absolute atomic E-state index is 4.62. The summed E-state index contributed by atoms with van der Waals surface area (Å²) in [7, 11) is 0. The number of rotatable bonds is 2. The number of hydrogen-bond acceptors (Lipinski definition) is 4. The third kappa shape index (κ3) is 1.66. The summed E-state index contributed by atoms with van der Waals surface area (Å²) in [6.07, 6.45) is 1.81. The zero-order valence-corrected chi connectivity index (χ0v) is 9.00. The molecule has 2 aromatic heterocycles. The molecule has 0 radical (unpaired) electrons. The minimum atomic E-state index is 0.610. The lowest BCUT2D eigenvalue weighted by Crippen LogP contribution is -2.40. The molecule has 0 unspecified atom stereocenters. The van der Waals surface area contributed by atoms with Crippen molar-refractivity contribution in [2.45, 2.75) is 5.92 Å². The van der Waals surface area contributed by atoms with E-state index in [1.807, 2.05) is 18.2 Å². The van der Waals surface area contributed by atoms with Crippen LogP contribution in [0.25, 0.3) is 10.7 Å². The highest BCUT2D eigenvalue weighted by molar-refractivity contribution is 7.13. The third-order valence-electron chi connectivity index (χ3n) is 2.61. The molecule has 2 aromatic rings. The van der Waals surface area contributed by atoms with Crippen LogP contribution in [0.2, 0.25) is 0 Å². The van der Waals surface area contributed by atoms with E-state index < -0.39 is 0 Å². The highest BCUT2D eigenvalue weighted by Crippen LogP contribution is 2.26. The first-order valence-corrected chi connectivity index (χ1v) is 5.89. The van der Waals surface area contributed by atoms with Crippen molar-refractivity contribution in [3.63, 3.8) is 0 Å². The molecule has 3 rings (SSSR count). The Morgan fingerprint density at radius 1 is 1.33 bits per heavy atom. The Hall–Kier alpha value is -1.26. The third-order valence-corrected chi connectivity index (χ3v) is 3.49. The fourth-order valence-electron chi connectivity index (χ4n) is 1.58. The van der Waals surface area contributed by atoms with E-state index in [-0.39, 0.29) is 0 Å². The molecule has 1 aliphatic heterocycles. The average molecular weight is 217 g/mol. The molecule has 1 saturated heterocycles. The van der Waals surface area contributed by atoms with Crippen LogP contribution in [0.1, 0.15) is 11.6 Å². The Labute approximate surface area is 92.2 Å². The number of hydrogen-bond donors (Lipinski definition) is 1. The van der Waals surface area contributed by atoms with Gasteiger partial charge in [0, 0.05) is 30.6 Å². The van der Waals surface area contributed by atoms with Crippen LogP contribution in [0.5, 0.6) is 0 Å². The SMILES string of the molecule is c1ccc(-c2nc(C3CNC3)cs2)nc1. The fourth-order valence-corrected chi connectivity index (χ4v) is 2.46. The summed E-state index contributed by atoms with van der Waals surface area (Å²) in [5, 5.41) is 6.43. The Morgan fingerprint density at radius 3 is 2.93 bits per heavy atom. The van der Waals surface area contributed by atoms with Crippen molar-refractivity contribution < 1.29 is 0 Å². The first-order chi connectivity index (χ1) is 7.43. The van der Waals surface area contributed by atoms with Gasteiger partial charge in [-0.3, -0.25) is 4.98 Å². The van der Waals surface area contributed by atoms with Crippen LogP contribution in [-0.4, -0.2) is 23.1 Å². The van der Waals surface area contributed by atoms with Crippen molar-refractivity contribution in [2.75, 3.05) is 13.1 Å². The highest BCUT2D eigenvalue weighted by atomic mass is 32.1. The van der Waals surface area contributed by atoms with Gasteiger partial charge in [-0.25, -0.2) is 4.98 Å². The predicted molar refractivity (Wildman–Crippen MR) is 61.0 cm³/mol. The van der Waals surface area contributed by atoms with E-state index in [1.165, 1.54) is 5.69 Å². The summed E-state index contributed by atoms with van der Waals surface area (Å²) < 4.78 is 0. The Kier molecular flexibility index (Phi) is 2.23. The highest BCUT2D eigenvalue weighted by Gasteiger charge is 2.21. The molecule has 1 N–H and O–H groups in total. The number of pyridine rings is 1. The van der Waals surface area contributed by atoms with Crippen molar-refractivity contribution in [1.29, 1.82) is 0 Å².